The highest BCUT2D eigenvalue weighted by molar-refractivity contribution is 7.89. The van der Waals surface area contributed by atoms with Crippen LogP contribution in [-0.4, -0.2) is 50.0 Å². The van der Waals surface area contributed by atoms with Gasteiger partial charge in [-0.05, 0) is 12.1 Å². The number of rotatable bonds is 6. The second-order valence-corrected chi connectivity index (χ2v) is 5.30. The van der Waals surface area contributed by atoms with Gasteiger partial charge < -0.3 is 14.3 Å². The molecule has 0 spiro atoms. The molecule has 9 heteroatoms. The number of carbonyl (C=O) groups is 2. The van der Waals surface area contributed by atoms with E-state index in [1.165, 1.54) is 6.92 Å². The van der Waals surface area contributed by atoms with Gasteiger partial charge in [0.05, 0.1) is 7.11 Å². The lowest BCUT2D eigenvalue weighted by Crippen LogP contribution is -2.35. The maximum Gasteiger partial charge on any atom is 0.371 e. The first-order chi connectivity index (χ1) is 8.82. The zero-order valence-electron chi connectivity index (χ0n) is 10.3. The van der Waals surface area contributed by atoms with E-state index in [9.17, 15) is 18.0 Å². The van der Waals surface area contributed by atoms with Gasteiger partial charge >= 0.3 is 11.9 Å². The van der Waals surface area contributed by atoms with Gasteiger partial charge in [0.15, 0.2) is 0 Å². The number of sulfonamides is 1. The van der Waals surface area contributed by atoms with Crippen molar-refractivity contribution >= 4 is 22.0 Å². The molecule has 0 fully saturated rings. The molecule has 0 saturated carbocycles. The summed E-state index contributed by atoms with van der Waals surface area (Å²) in [5.74, 6) is -2.60. The van der Waals surface area contributed by atoms with E-state index in [0.29, 0.717) is 0 Å². The molecule has 0 aliphatic heterocycles. The smallest absolute Gasteiger partial charge is 0.371 e. The highest BCUT2D eigenvalue weighted by atomic mass is 32.2. The van der Waals surface area contributed by atoms with Crippen LogP contribution in [-0.2, 0) is 19.6 Å². The Bertz CT molecular complexity index is 574. The first kappa shape index (κ1) is 15.2. The van der Waals surface area contributed by atoms with Crippen LogP contribution in [0.25, 0.3) is 0 Å². The van der Waals surface area contributed by atoms with Crippen molar-refractivity contribution in [3.8, 4) is 0 Å². The van der Waals surface area contributed by atoms with Gasteiger partial charge in [0.1, 0.15) is 6.54 Å². The number of nitrogens with zero attached hydrogens (tertiary/aromatic N) is 1. The van der Waals surface area contributed by atoms with Crippen molar-refractivity contribution in [2.24, 2.45) is 0 Å². The lowest BCUT2D eigenvalue weighted by Gasteiger charge is -2.17. The Morgan fingerprint density at radius 3 is 2.47 bits per heavy atom. The van der Waals surface area contributed by atoms with E-state index in [2.05, 4.69) is 4.74 Å². The van der Waals surface area contributed by atoms with Crippen LogP contribution in [0.4, 0.5) is 0 Å². The van der Waals surface area contributed by atoms with Gasteiger partial charge in [-0.3, -0.25) is 4.79 Å². The van der Waals surface area contributed by atoms with E-state index in [0.717, 1.165) is 23.5 Å². The molecule has 19 heavy (non-hydrogen) atoms. The summed E-state index contributed by atoms with van der Waals surface area (Å²) in [7, 11) is -2.93. The van der Waals surface area contributed by atoms with Crippen molar-refractivity contribution in [1.82, 2.24) is 4.31 Å². The Morgan fingerprint density at radius 2 is 2.05 bits per heavy atom. The summed E-state index contributed by atoms with van der Waals surface area (Å²) in [6.07, 6.45) is 0. The molecular formula is C10H13NO7S. The van der Waals surface area contributed by atoms with Crippen LogP contribution in [0.1, 0.15) is 17.5 Å². The highest BCUT2D eigenvalue weighted by Crippen LogP contribution is 2.18. The van der Waals surface area contributed by atoms with Gasteiger partial charge in [0, 0.05) is 6.54 Å². The molecule has 1 heterocycles. The van der Waals surface area contributed by atoms with Gasteiger partial charge in [0.25, 0.3) is 10.0 Å². The maximum absolute atomic E-state index is 12.1. The Kier molecular flexibility index (Phi) is 4.67. The number of carboxylic acid groups (broad SMARTS) is 1. The number of aromatic carboxylic acids is 1. The molecule has 1 aromatic rings. The topological polar surface area (TPSA) is 114 Å². The average molecular weight is 291 g/mol. The van der Waals surface area contributed by atoms with Crippen LogP contribution in [0.2, 0.25) is 0 Å². The number of hydrogen-bond donors (Lipinski definition) is 1. The van der Waals surface area contributed by atoms with Gasteiger partial charge in [-0.25, -0.2) is 13.2 Å². The van der Waals surface area contributed by atoms with Gasteiger partial charge in [-0.1, -0.05) is 6.92 Å². The number of carboxylic acids is 1. The minimum Gasteiger partial charge on any atom is -0.475 e. The minimum atomic E-state index is -4.07. The van der Waals surface area contributed by atoms with Gasteiger partial charge in [0.2, 0.25) is 10.9 Å². The number of carbonyl (C=O) groups excluding carboxylic acids is 1. The van der Waals surface area contributed by atoms with E-state index in [4.69, 9.17) is 9.52 Å². The standard InChI is InChI=1S/C10H13NO7S/c1-3-11(6-8(12)17-2)19(15,16)9-5-4-7(18-9)10(13)14/h4-5H,3,6H2,1-2H3,(H,13,14). The Labute approximate surface area is 109 Å². The monoisotopic (exact) mass is 291 g/mol. The molecular weight excluding hydrogens is 278 g/mol. The Balaban J connectivity index is 3.06. The molecule has 0 aliphatic carbocycles. The minimum absolute atomic E-state index is 0.0144. The highest BCUT2D eigenvalue weighted by Gasteiger charge is 2.29. The van der Waals surface area contributed by atoms with Crippen molar-refractivity contribution in [2.45, 2.75) is 12.0 Å². The van der Waals surface area contributed by atoms with E-state index in [-0.39, 0.29) is 6.54 Å². The molecule has 0 aromatic carbocycles. The van der Waals surface area contributed by atoms with E-state index >= 15 is 0 Å². The first-order valence-corrected chi connectivity index (χ1v) is 6.67. The molecule has 0 amide bonds. The molecule has 0 aliphatic rings. The van der Waals surface area contributed by atoms with Crippen LogP contribution >= 0.6 is 0 Å². The fourth-order valence-corrected chi connectivity index (χ4v) is 2.58. The van der Waals surface area contributed by atoms with Gasteiger partial charge in [-0.2, -0.15) is 4.31 Å². The molecule has 1 aromatic heterocycles. The average Bonchev–Trinajstić information content (AvgIpc) is 2.85. The van der Waals surface area contributed by atoms with E-state index in [1.54, 1.807) is 0 Å². The number of hydrogen-bond acceptors (Lipinski definition) is 6. The normalized spacial score (nSPS) is 11.5. The van der Waals surface area contributed by atoms with Crippen molar-refractivity contribution in [1.29, 1.82) is 0 Å². The molecule has 0 saturated heterocycles. The number of ether oxygens (including phenoxy) is 1. The van der Waals surface area contributed by atoms with Crippen molar-refractivity contribution in [3.63, 3.8) is 0 Å². The zero-order chi connectivity index (χ0) is 14.6. The molecule has 0 atom stereocenters. The molecule has 0 unspecified atom stereocenters. The number of methoxy groups -OCH3 is 1. The first-order valence-electron chi connectivity index (χ1n) is 5.23. The van der Waals surface area contributed by atoms with Crippen molar-refractivity contribution in [3.05, 3.63) is 17.9 Å². The summed E-state index contributed by atoms with van der Waals surface area (Å²) >= 11 is 0. The predicted molar refractivity (Wildman–Crippen MR) is 62.1 cm³/mol. The lowest BCUT2D eigenvalue weighted by molar-refractivity contribution is -0.140. The molecule has 1 rings (SSSR count). The molecule has 106 valence electrons. The summed E-state index contributed by atoms with van der Waals surface area (Å²) in [6, 6.07) is 2.06. The summed E-state index contributed by atoms with van der Waals surface area (Å²) in [5.41, 5.74) is 0. The molecule has 1 N–H and O–H groups in total. The number of esters is 1. The summed E-state index contributed by atoms with van der Waals surface area (Å²) < 4.78 is 34.1. The Morgan fingerprint density at radius 1 is 1.42 bits per heavy atom. The fraction of sp³-hybridized carbons (Fsp3) is 0.400. The third kappa shape index (κ3) is 3.32. The van der Waals surface area contributed by atoms with Crippen LogP contribution in [0.3, 0.4) is 0 Å². The summed E-state index contributed by atoms with van der Waals surface area (Å²) in [4.78, 5) is 21.7. The maximum atomic E-state index is 12.1. The summed E-state index contributed by atoms with van der Waals surface area (Å²) in [6.45, 7) is 1.07. The quantitative estimate of drug-likeness (QED) is 0.742. The second-order valence-electron chi connectivity index (χ2n) is 3.43. The van der Waals surface area contributed by atoms with Crippen LogP contribution in [0, 0.1) is 0 Å². The van der Waals surface area contributed by atoms with E-state index in [1.807, 2.05) is 0 Å². The lowest BCUT2D eigenvalue weighted by atomic mass is 10.5. The number of furan rings is 1. The molecule has 8 nitrogen and oxygen atoms in total. The molecule has 0 bridgehead atoms. The third-order valence-electron chi connectivity index (χ3n) is 2.27. The van der Waals surface area contributed by atoms with Crippen LogP contribution in [0.15, 0.2) is 21.6 Å². The predicted octanol–water partition coefficient (Wildman–Crippen LogP) is 0.161. The zero-order valence-corrected chi connectivity index (χ0v) is 11.1. The number of likely N-dealkylation sites (N-methyl/N-ethyl adjacent to an activating group) is 1. The second kappa shape index (κ2) is 5.85. The SMILES string of the molecule is CCN(CC(=O)OC)S(=O)(=O)c1ccc(C(=O)O)o1. The van der Waals surface area contributed by atoms with Crippen molar-refractivity contribution in [2.75, 3.05) is 20.2 Å². The van der Waals surface area contributed by atoms with E-state index < -0.39 is 39.4 Å². The largest absolute Gasteiger partial charge is 0.475 e. The third-order valence-corrected chi connectivity index (χ3v) is 4.07. The summed E-state index contributed by atoms with van der Waals surface area (Å²) in [5, 5.41) is 8.14. The van der Waals surface area contributed by atoms with Crippen LogP contribution in [0.5, 0.6) is 0 Å². The van der Waals surface area contributed by atoms with Gasteiger partial charge in [-0.15, -0.1) is 0 Å². The molecule has 0 radical (unpaired) electrons. The van der Waals surface area contributed by atoms with Crippen LogP contribution < -0.4 is 0 Å². The van der Waals surface area contributed by atoms with Crippen molar-refractivity contribution < 1.29 is 32.3 Å². The fourth-order valence-electron chi connectivity index (χ4n) is 1.28. The Hall–Kier alpha value is -1.87.